The summed E-state index contributed by atoms with van der Waals surface area (Å²) in [5, 5.41) is 0. The lowest BCUT2D eigenvalue weighted by Crippen LogP contribution is -2.56. The zero-order chi connectivity index (χ0) is 12.0. The maximum absolute atomic E-state index is 6.11. The van der Waals surface area contributed by atoms with Crippen molar-refractivity contribution in [1.82, 2.24) is 4.90 Å². The molecule has 0 amide bonds. The van der Waals surface area contributed by atoms with E-state index >= 15 is 0 Å². The van der Waals surface area contributed by atoms with E-state index in [-0.39, 0.29) is 5.54 Å². The van der Waals surface area contributed by atoms with Gasteiger partial charge in [-0.2, -0.15) is 0 Å². The summed E-state index contributed by atoms with van der Waals surface area (Å²) in [6.45, 7) is 9.05. The van der Waals surface area contributed by atoms with E-state index in [0.29, 0.717) is 0 Å². The third-order valence-corrected chi connectivity index (χ3v) is 4.42. The number of likely N-dealkylation sites (tertiary alicyclic amines) is 1. The molecule has 1 fully saturated rings. The van der Waals surface area contributed by atoms with Gasteiger partial charge in [0.2, 0.25) is 0 Å². The SMILES string of the molecule is CCCC(CC)(CN)N1CCCCCC1C. The molecule has 1 saturated heterocycles. The third kappa shape index (κ3) is 2.98. The van der Waals surface area contributed by atoms with Crippen molar-refractivity contribution in [3.05, 3.63) is 0 Å². The molecular weight excluding hydrogens is 196 g/mol. The van der Waals surface area contributed by atoms with Gasteiger partial charge in [-0.1, -0.05) is 33.1 Å². The second kappa shape index (κ2) is 6.61. The van der Waals surface area contributed by atoms with Gasteiger partial charge in [-0.3, -0.25) is 4.90 Å². The minimum atomic E-state index is 0.276. The van der Waals surface area contributed by atoms with Crippen molar-refractivity contribution in [2.75, 3.05) is 13.1 Å². The van der Waals surface area contributed by atoms with Crippen LogP contribution in [-0.4, -0.2) is 29.6 Å². The Morgan fingerprint density at radius 1 is 1.25 bits per heavy atom. The van der Waals surface area contributed by atoms with Gasteiger partial charge in [0.1, 0.15) is 0 Å². The van der Waals surface area contributed by atoms with E-state index < -0.39 is 0 Å². The Bertz CT molecular complexity index is 187. The molecule has 2 unspecified atom stereocenters. The normalized spacial score (nSPS) is 27.4. The number of nitrogens with two attached hydrogens (primary N) is 1. The van der Waals surface area contributed by atoms with Gasteiger partial charge < -0.3 is 5.73 Å². The van der Waals surface area contributed by atoms with Gasteiger partial charge in [-0.05, 0) is 39.2 Å². The van der Waals surface area contributed by atoms with Gasteiger partial charge in [-0.15, -0.1) is 0 Å². The van der Waals surface area contributed by atoms with Gasteiger partial charge in [0.15, 0.2) is 0 Å². The fraction of sp³-hybridized carbons (Fsp3) is 1.00. The molecule has 2 heteroatoms. The second-order valence-corrected chi connectivity index (χ2v) is 5.42. The van der Waals surface area contributed by atoms with Gasteiger partial charge in [0.05, 0.1) is 0 Å². The second-order valence-electron chi connectivity index (χ2n) is 5.42. The van der Waals surface area contributed by atoms with Crippen LogP contribution in [0.5, 0.6) is 0 Å². The first-order chi connectivity index (χ1) is 7.70. The summed E-state index contributed by atoms with van der Waals surface area (Å²) in [4.78, 5) is 2.73. The molecule has 1 rings (SSSR count). The summed E-state index contributed by atoms with van der Waals surface area (Å²) >= 11 is 0. The molecule has 0 radical (unpaired) electrons. The Balaban J connectivity index is 2.80. The Labute approximate surface area is 102 Å². The maximum atomic E-state index is 6.11. The van der Waals surface area contributed by atoms with Crippen molar-refractivity contribution < 1.29 is 0 Å². The van der Waals surface area contributed by atoms with Crippen LogP contribution in [0.4, 0.5) is 0 Å². The number of hydrogen-bond acceptors (Lipinski definition) is 2. The molecular formula is C14H30N2. The van der Waals surface area contributed by atoms with Crippen LogP contribution in [0.3, 0.4) is 0 Å². The molecule has 0 aliphatic carbocycles. The molecule has 1 heterocycles. The zero-order valence-corrected chi connectivity index (χ0v) is 11.5. The van der Waals surface area contributed by atoms with Crippen LogP contribution in [0, 0.1) is 0 Å². The molecule has 0 spiro atoms. The lowest BCUT2D eigenvalue weighted by molar-refractivity contribution is 0.0453. The predicted molar refractivity (Wildman–Crippen MR) is 71.6 cm³/mol. The Kier molecular flexibility index (Phi) is 5.77. The summed E-state index contributed by atoms with van der Waals surface area (Å²) in [6, 6.07) is 0.720. The first-order valence-corrected chi connectivity index (χ1v) is 7.17. The lowest BCUT2D eigenvalue weighted by Gasteiger charge is -2.46. The van der Waals surface area contributed by atoms with Gasteiger partial charge in [0, 0.05) is 18.1 Å². The number of nitrogens with zero attached hydrogens (tertiary/aromatic N) is 1. The molecule has 2 atom stereocenters. The molecule has 0 aromatic rings. The third-order valence-electron chi connectivity index (χ3n) is 4.42. The van der Waals surface area contributed by atoms with Crippen LogP contribution in [0.1, 0.15) is 65.7 Å². The number of hydrogen-bond donors (Lipinski definition) is 1. The molecule has 2 N–H and O–H groups in total. The minimum absolute atomic E-state index is 0.276. The van der Waals surface area contributed by atoms with Crippen molar-refractivity contribution in [3.8, 4) is 0 Å². The summed E-state index contributed by atoms with van der Waals surface area (Å²) in [5.41, 5.74) is 6.38. The smallest absolute Gasteiger partial charge is 0.0331 e. The van der Waals surface area contributed by atoms with Crippen LogP contribution in [0.2, 0.25) is 0 Å². The van der Waals surface area contributed by atoms with Crippen LogP contribution in [0.25, 0.3) is 0 Å². The monoisotopic (exact) mass is 226 g/mol. The molecule has 96 valence electrons. The first-order valence-electron chi connectivity index (χ1n) is 7.17. The summed E-state index contributed by atoms with van der Waals surface area (Å²) in [5.74, 6) is 0. The summed E-state index contributed by atoms with van der Waals surface area (Å²) in [7, 11) is 0. The highest BCUT2D eigenvalue weighted by Crippen LogP contribution is 2.30. The molecule has 0 aromatic carbocycles. The van der Waals surface area contributed by atoms with Crippen LogP contribution >= 0.6 is 0 Å². The summed E-state index contributed by atoms with van der Waals surface area (Å²) in [6.07, 6.45) is 9.20. The largest absolute Gasteiger partial charge is 0.329 e. The molecule has 0 bridgehead atoms. The lowest BCUT2D eigenvalue weighted by atomic mass is 9.87. The van der Waals surface area contributed by atoms with E-state index in [9.17, 15) is 0 Å². The van der Waals surface area contributed by atoms with E-state index in [1.807, 2.05) is 0 Å². The fourth-order valence-corrected chi connectivity index (χ4v) is 3.33. The van der Waals surface area contributed by atoms with Crippen LogP contribution in [0.15, 0.2) is 0 Å². The average molecular weight is 226 g/mol. The highest BCUT2D eigenvalue weighted by Gasteiger charge is 2.35. The van der Waals surface area contributed by atoms with Crippen molar-refractivity contribution in [3.63, 3.8) is 0 Å². The van der Waals surface area contributed by atoms with Crippen LogP contribution < -0.4 is 5.73 Å². The van der Waals surface area contributed by atoms with E-state index in [1.165, 1.54) is 51.5 Å². The zero-order valence-electron chi connectivity index (χ0n) is 11.5. The molecule has 0 aromatic heterocycles. The molecule has 16 heavy (non-hydrogen) atoms. The van der Waals surface area contributed by atoms with E-state index in [0.717, 1.165) is 12.6 Å². The molecule has 2 nitrogen and oxygen atoms in total. The van der Waals surface area contributed by atoms with Crippen LogP contribution in [-0.2, 0) is 0 Å². The van der Waals surface area contributed by atoms with Crippen molar-refractivity contribution in [1.29, 1.82) is 0 Å². The maximum Gasteiger partial charge on any atom is 0.0331 e. The van der Waals surface area contributed by atoms with E-state index in [1.54, 1.807) is 0 Å². The van der Waals surface area contributed by atoms with E-state index in [2.05, 4.69) is 25.7 Å². The standard InChI is InChI=1S/C14H30N2/c1-4-10-14(5-2,12-15)16-11-8-6-7-9-13(16)3/h13H,4-12,15H2,1-3H3. The van der Waals surface area contributed by atoms with Gasteiger partial charge >= 0.3 is 0 Å². The topological polar surface area (TPSA) is 29.3 Å². The highest BCUT2D eigenvalue weighted by atomic mass is 15.2. The average Bonchev–Trinajstić information content (AvgIpc) is 2.52. The molecule has 1 aliphatic rings. The minimum Gasteiger partial charge on any atom is -0.329 e. The van der Waals surface area contributed by atoms with Crippen molar-refractivity contribution in [2.45, 2.75) is 77.3 Å². The Morgan fingerprint density at radius 3 is 2.56 bits per heavy atom. The molecule has 1 aliphatic heterocycles. The molecule has 0 saturated carbocycles. The van der Waals surface area contributed by atoms with Gasteiger partial charge in [0.25, 0.3) is 0 Å². The first kappa shape index (κ1) is 14.0. The van der Waals surface area contributed by atoms with Crippen molar-refractivity contribution >= 4 is 0 Å². The van der Waals surface area contributed by atoms with E-state index in [4.69, 9.17) is 5.73 Å². The van der Waals surface area contributed by atoms with Gasteiger partial charge in [-0.25, -0.2) is 0 Å². The van der Waals surface area contributed by atoms with Crippen molar-refractivity contribution in [2.24, 2.45) is 5.73 Å². The highest BCUT2D eigenvalue weighted by molar-refractivity contribution is 4.93. The Morgan fingerprint density at radius 2 is 2.00 bits per heavy atom. The fourth-order valence-electron chi connectivity index (χ4n) is 3.33. The quantitative estimate of drug-likeness (QED) is 0.780. The predicted octanol–water partition coefficient (Wildman–Crippen LogP) is 3.16. The number of rotatable bonds is 5. The Hall–Kier alpha value is -0.0800. The summed E-state index contributed by atoms with van der Waals surface area (Å²) < 4.78 is 0.